The molecule has 0 radical (unpaired) electrons. The van der Waals surface area contributed by atoms with E-state index >= 15 is 0 Å². The van der Waals surface area contributed by atoms with Crippen LogP contribution in [0.3, 0.4) is 0 Å². The van der Waals surface area contributed by atoms with Gasteiger partial charge in [-0.25, -0.2) is 9.07 Å². The van der Waals surface area contributed by atoms with Crippen LogP contribution in [-0.2, 0) is 10.5 Å². The van der Waals surface area contributed by atoms with E-state index in [-0.39, 0.29) is 17.6 Å². The number of fused-ring (bicyclic) bond motifs is 1. The number of benzene rings is 2. The molecular weight excluding hydrogens is 399 g/mol. The van der Waals surface area contributed by atoms with Crippen LogP contribution in [-0.4, -0.2) is 20.5 Å². The molecule has 1 aromatic heterocycles. The summed E-state index contributed by atoms with van der Waals surface area (Å²) in [6.45, 7) is 2.08. The summed E-state index contributed by atoms with van der Waals surface area (Å²) in [5.41, 5.74) is 4.90. The molecule has 0 amide bonds. The van der Waals surface area contributed by atoms with E-state index in [1.54, 1.807) is 28.6 Å². The number of thioether (sulfide) groups is 1. The van der Waals surface area contributed by atoms with Gasteiger partial charge in [-0.15, -0.1) is 5.10 Å². The monoisotopic (exact) mass is 420 g/mol. The van der Waals surface area contributed by atoms with Crippen molar-refractivity contribution < 1.29 is 9.18 Å². The summed E-state index contributed by atoms with van der Waals surface area (Å²) in [5.74, 6) is 1.21. The van der Waals surface area contributed by atoms with Crippen LogP contribution in [0.1, 0.15) is 42.0 Å². The van der Waals surface area contributed by atoms with Gasteiger partial charge in [0.1, 0.15) is 11.9 Å². The lowest BCUT2D eigenvalue weighted by Gasteiger charge is -2.32. The first kappa shape index (κ1) is 19.1. The van der Waals surface area contributed by atoms with E-state index in [9.17, 15) is 9.18 Å². The molecule has 0 spiro atoms. The van der Waals surface area contributed by atoms with Crippen LogP contribution in [0.4, 0.5) is 10.3 Å². The van der Waals surface area contributed by atoms with Gasteiger partial charge < -0.3 is 5.32 Å². The van der Waals surface area contributed by atoms with E-state index in [4.69, 9.17) is 5.10 Å². The fourth-order valence-corrected chi connectivity index (χ4v) is 4.87. The average Bonchev–Trinajstić information content (AvgIpc) is 3.14. The number of carbonyl (C=O) groups is 1. The van der Waals surface area contributed by atoms with Crippen LogP contribution in [0, 0.1) is 12.7 Å². The van der Waals surface area contributed by atoms with Crippen molar-refractivity contribution in [1.29, 1.82) is 0 Å². The third kappa shape index (κ3) is 3.54. The second-order valence-electron chi connectivity index (χ2n) is 7.69. The molecular formula is C23H21FN4OS. The van der Waals surface area contributed by atoms with Gasteiger partial charge in [0, 0.05) is 23.4 Å². The maximum Gasteiger partial charge on any atom is 0.227 e. The third-order valence-corrected chi connectivity index (χ3v) is 6.39. The summed E-state index contributed by atoms with van der Waals surface area (Å²) in [4.78, 5) is 17.5. The van der Waals surface area contributed by atoms with Crippen molar-refractivity contribution in [2.24, 2.45) is 0 Å². The molecule has 1 aliphatic heterocycles. The Labute approximate surface area is 178 Å². The number of nitrogens with one attached hydrogen (secondary N) is 1. The zero-order valence-corrected chi connectivity index (χ0v) is 17.4. The highest BCUT2D eigenvalue weighted by atomic mass is 32.2. The zero-order valence-electron chi connectivity index (χ0n) is 16.6. The Hall–Kier alpha value is -2.93. The number of carbonyl (C=O) groups excluding carboxylic acids is 1. The lowest BCUT2D eigenvalue weighted by Crippen LogP contribution is -2.31. The van der Waals surface area contributed by atoms with E-state index in [2.05, 4.69) is 35.4 Å². The Balaban J connectivity index is 1.50. The first-order chi connectivity index (χ1) is 14.6. The number of halogens is 1. The molecule has 7 heteroatoms. The van der Waals surface area contributed by atoms with Gasteiger partial charge in [0.05, 0.1) is 0 Å². The summed E-state index contributed by atoms with van der Waals surface area (Å²) >= 11 is 1.56. The van der Waals surface area contributed by atoms with Crippen LogP contribution >= 0.6 is 11.8 Å². The summed E-state index contributed by atoms with van der Waals surface area (Å²) in [7, 11) is 0. The number of nitrogens with zero attached hydrogens (tertiary/aromatic N) is 3. The second kappa shape index (κ2) is 7.72. The molecule has 0 unspecified atom stereocenters. The molecule has 1 N–H and O–H groups in total. The van der Waals surface area contributed by atoms with Crippen molar-refractivity contribution in [3.05, 3.63) is 82.3 Å². The smallest absolute Gasteiger partial charge is 0.227 e. The van der Waals surface area contributed by atoms with Crippen LogP contribution in [0.2, 0.25) is 0 Å². The van der Waals surface area contributed by atoms with E-state index in [1.807, 2.05) is 6.07 Å². The fourth-order valence-electron chi connectivity index (χ4n) is 4.10. The predicted molar refractivity (Wildman–Crippen MR) is 115 cm³/mol. The van der Waals surface area contributed by atoms with Crippen molar-refractivity contribution in [3.63, 3.8) is 0 Å². The molecule has 0 bridgehead atoms. The SMILES string of the molecule is Cc1cccc(CSc2nc3n(n2)[C@H](c2ccc(F)cc2)C2=C(CCCC2=O)N3)c1. The minimum Gasteiger partial charge on any atom is -0.328 e. The molecule has 2 aliphatic rings. The average molecular weight is 421 g/mol. The van der Waals surface area contributed by atoms with Crippen molar-refractivity contribution >= 4 is 23.5 Å². The second-order valence-corrected chi connectivity index (χ2v) is 8.63. The number of aromatic nitrogens is 3. The zero-order chi connectivity index (χ0) is 20.7. The van der Waals surface area contributed by atoms with E-state index in [1.165, 1.54) is 23.3 Å². The van der Waals surface area contributed by atoms with Crippen LogP contribution in [0.5, 0.6) is 0 Å². The maximum atomic E-state index is 13.5. The van der Waals surface area contributed by atoms with Gasteiger partial charge in [-0.2, -0.15) is 4.98 Å². The van der Waals surface area contributed by atoms with Crippen LogP contribution < -0.4 is 5.32 Å². The number of Topliss-reactive ketones (excluding diaryl/α,β-unsaturated/α-hetero) is 1. The number of rotatable bonds is 4. The lowest BCUT2D eigenvalue weighted by molar-refractivity contribution is -0.116. The molecule has 2 aromatic carbocycles. The predicted octanol–water partition coefficient (Wildman–Crippen LogP) is 5.04. The topological polar surface area (TPSA) is 59.8 Å². The minimum atomic E-state index is -0.384. The molecule has 5 nitrogen and oxygen atoms in total. The van der Waals surface area contributed by atoms with Gasteiger partial charge in [0.15, 0.2) is 5.78 Å². The summed E-state index contributed by atoms with van der Waals surface area (Å²) in [6, 6.07) is 14.3. The molecule has 5 rings (SSSR count). The standard InChI is InChI=1S/C23H21FN4OS/c1-14-4-2-5-15(12-14)13-30-23-26-22-25-18-6-3-7-19(29)20(18)21(28(22)27-23)16-8-10-17(24)11-9-16/h2,4-5,8-12,21H,3,6-7,13H2,1H3,(H,25,26,27)/t21-/m1/s1. The van der Waals surface area contributed by atoms with Crippen molar-refractivity contribution in [2.45, 2.75) is 43.1 Å². The molecule has 1 atom stereocenters. The number of hydrogen-bond acceptors (Lipinski definition) is 5. The van der Waals surface area contributed by atoms with Gasteiger partial charge in [-0.3, -0.25) is 4.79 Å². The highest BCUT2D eigenvalue weighted by molar-refractivity contribution is 7.98. The quantitative estimate of drug-likeness (QED) is 0.599. The Kier molecular flexibility index (Phi) is 4.90. The summed E-state index contributed by atoms with van der Waals surface area (Å²) < 4.78 is 15.3. The summed E-state index contributed by atoms with van der Waals surface area (Å²) in [5, 5.41) is 8.70. The summed E-state index contributed by atoms with van der Waals surface area (Å²) in [6.07, 6.45) is 2.15. The van der Waals surface area contributed by atoms with Gasteiger partial charge in [0.25, 0.3) is 0 Å². The number of aryl methyl sites for hydroxylation is 1. The lowest BCUT2D eigenvalue weighted by atomic mass is 9.85. The first-order valence-corrected chi connectivity index (χ1v) is 11.0. The van der Waals surface area contributed by atoms with Crippen LogP contribution in [0.15, 0.2) is 65.0 Å². The molecule has 0 fully saturated rings. The molecule has 30 heavy (non-hydrogen) atoms. The number of ketones is 1. The van der Waals surface area contributed by atoms with E-state index in [0.717, 1.165) is 35.4 Å². The molecule has 2 heterocycles. The minimum absolute atomic E-state index is 0.119. The highest BCUT2D eigenvalue weighted by Gasteiger charge is 2.36. The van der Waals surface area contributed by atoms with Gasteiger partial charge in [0.2, 0.25) is 11.1 Å². The number of allylic oxidation sites excluding steroid dienone is 2. The number of hydrogen-bond donors (Lipinski definition) is 1. The molecule has 152 valence electrons. The first-order valence-electron chi connectivity index (χ1n) is 10.0. The third-order valence-electron chi connectivity index (χ3n) is 5.48. The number of anilines is 1. The van der Waals surface area contributed by atoms with E-state index in [0.29, 0.717) is 17.5 Å². The Morgan fingerprint density at radius 3 is 2.83 bits per heavy atom. The van der Waals surface area contributed by atoms with Gasteiger partial charge in [-0.05, 0) is 43.0 Å². The largest absolute Gasteiger partial charge is 0.328 e. The molecule has 3 aromatic rings. The maximum absolute atomic E-state index is 13.5. The van der Waals surface area contributed by atoms with Crippen LogP contribution in [0.25, 0.3) is 0 Å². The Morgan fingerprint density at radius 1 is 1.20 bits per heavy atom. The van der Waals surface area contributed by atoms with Gasteiger partial charge in [-0.1, -0.05) is 53.7 Å². The Bertz CT molecular complexity index is 1150. The van der Waals surface area contributed by atoms with E-state index < -0.39 is 0 Å². The fraction of sp³-hybridized carbons (Fsp3) is 0.261. The molecule has 0 saturated carbocycles. The molecule has 0 saturated heterocycles. The molecule has 1 aliphatic carbocycles. The van der Waals surface area contributed by atoms with Crippen molar-refractivity contribution in [3.8, 4) is 0 Å². The highest BCUT2D eigenvalue weighted by Crippen LogP contribution is 2.40. The Morgan fingerprint density at radius 2 is 2.03 bits per heavy atom. The normalized spacial score (nSPS) is 18.1. The van der Waals surface area contributed by atoms with Crippen molar-refractivity contribution in [1.82, 2.24) is 14.8 Å². The van der Waals surface area contributed by atoms with Gasteiger partial charge >= 0.3 is 0 Å². The van der Waals surface area contributed by atoms with Crippen molar-refractivity contribution in [2.75, 3.05) is 5.32 Å².